The van der Waals surface area contributed by atoms with E-state index in [-0.39, 0.29) is 5.91 Å². The normalized spacial score (nSPS) is 21.8. The molecule has 1 N–H and O–H groups in total. The van der Waals surface area contributed by atoms with Gasteiger partial charge in [0, 0.05) is 18.3 Å². The second kappa shape index (κ2) is 9.13. The van der Waals surface area contributed by atoms with Crippen LogP contribution in [0, 0.1) is 5.92 Å². The third-order valence-electron chi connectivity index (χ3n) is 5.63. The van der Waals surface area contributed by atoms with Gasteiger partial charge in [0.2, 0.25) is 11.0 Å². The van der Waals surface area contributed by atoms with Crippen molar-refractivity contribution in [3.05, 3.63) is 24.3 Å². The molecule has 0 unspecified atom stereocenters. The SMILES string of the molecule is COc1ccc(Nc2nnc(SCC(=O)N3CCC[C@H]4CCCC[C@@H]43)s2)cc1. The molecule has 2 aromatic rings. The molecule has 0 bridgehead atoms. The summed E-state index contributed by atoms with van der Waals surface area (Å²) in [4.78, 5) is 15.0. The number of hydrogen-bond donors (Lipinski definition) is 1. The smallest absolute Gasteiger partial charge is 0.233 e. The molecular weight excluding hydrogens is 392 g/mol. The number of aromatic nitrogens is 2. The minimum Gasteiger partial charge on any atom is -0.497 e. The zero-order valence-corrected chi connectivity index (χ0v) is 17.7. The second-order valence-electron chi connectivity index (χ2n) is 7.36. The van der Waals surface area contributed by atoms with Gasteiger partial charge in [0.05, 0.1) is 12.9 Å². The lowest BCUT2D eigenvalue weighted by molar-refractivity contribution is -0.134. The minimum atomic E-state index is 0.251. The summed E-state index contributed by atoms with van der Waals surface area (Å²) in [7, 11) is 1.65. The molecule has 150 valence electrons. The van der Waals surface area contributed by atoms with Gasteiger partial charge in [-0.25, -0.2) is 0 Å². The molecule has 6 nitrogen and oxygen atoms in total. The van der Waals surface area contributed by atoms with E-state index >= 15 is 0 Å². The average molecular weight is 419 g/mol. The summed E-state index contributed by atoms with van der Waals surface area (Å²) in [6.07, 6.45) is 7.49. The number of fused-ring (bicyclic) bond motifs is 1. The predicted octanol–water partition coefficient (Wildman–Crippen LogP) is 4.56. The second-order valence-corrected chi connectivity index (χ2v) is 9.56. The van der Waals surface area contributed by atoms with Crippen molar-refractivity contribution in [3.8, 4) is 5.75 Å². The summed E-state index contributed by atoms with van der Waals surface area (Å²) in [6.45, 7) is 0.918. The first-order valence-corrected chi connectivity index (χ1v) is 11.7. The number of thioether (sulfide) groups is 1. The number of nitrogens with one attached hydrogen (secondary N) is 1. The molecule has 0 radical (unpaired) electrons. The van der Waals surface area contributed by atoms with Gasteiger partial charge in [-0.05, 0) is 55.9 Å². The highest BCUT2D eigenvalue weighted by molar-refractivity contribution is 8.01. The Labute approximate surface area is 174 Å². The quantitative estimate of drug-likeness (QED) is 0.694. The van der Waals surface area contributed by atoms with Gasteiger partial charge in [-0.15, -0.1) is 10.2 Å². The maximum Gasteiger partial charge on any atom is 0.233 e. The Morgan fingerprint density at radius 3 is 2.82 bits per heavy atom. The summed E-state index contributed by atoms with van der Waals surface area (Å²) in [5.74, 6) is 2.23. The molecule has 1 aromatic heterocycles. The van der Waals surface area contributed by atoms with Crippen molar-refractivity contribution in [2.75, 3.05) is 24.7 Å². The fraction of sp³-hybridized carbons (Fsp3) is 0.550. The molecule has 0 spiro atoms. The number of piperidine rings is 1. The summed E-state index contributed by atoms with van der Waals surface area (Å²) in [6, 6.07) is 8.14. The Bertz CT molecular complexity index is 794. The van der Waals surface area contributed by atoms with E-state index in [9.17, 15) is 4.79 Å². The van der Waals surface area contributed by atoms with Crippen LogP contribution in [0.15, 0.2) is 28.6 Å². The molecule has 1 saturated heterocycles. The van der Waals surface area contributed by atoms with Crippen molar-refractivity contribution in [3.63, 3.8) is 0 Å². The molecule has 1 aliphatic heterocycles. The first kappa shape index (κ1) is 19.5. The van der Waals surface area contributed by atoms with Crippen molar-refractivity contribution in [2.45, 2.75) is 48.9 Å². The molecule has 1 saturated carbocycles. The Balaban J connectivity index is 1.30. The number of hydrogen-bond acceptors (Lipinski definition) is 7. The van der Waals surface area contributed by atoms with E-state index in [0.717, 1.165) is 39.8 Å². The van der Waals surface area contributed by atoms with Gasteiger partial charge >= 0.3 is 0 Å². The molecule has 2 fully saturated rings. The number of amides is 1. The molecule has 1 amide bonds. The molecule has 8 heteroatoms. The zero-order valence-electron chi connectivity index (χ0n) is 16.1. The van der Waals surface area contributed by atoms with Gasteiger partial charge < -0.3 is 15.0 Å². The molecule has 2 atom stereocenters. The van der Waals surface area contributed by atoms with Gasteiger partial charge in [0.1, 0.15) is 5.75 Å². The highest BCUT2D eigenvalue weighted by atomic mass is 32.2. The third kappa shape index (κ3) is 4.60. The van der Waals surface area contributed by atoms with Crippen LogP contribution in [0.2, 0.25) is 0 Å². The van der Waals surface area contributed by atoms with Crippen LogP contribution in [-0.4, -0.2) is 46.5 Å². The van der Waals surface area contributed by atoms with Crippen molar-refractivity contribution in [2.24, 2.45) is 5.92 Å². The van der Waals surface area contributed by atoms with Crippen LogP contribution >= 0.6 is 23.1 Å². The van der Waals surface area contributed by atoms with E-state index in [1.54, 1.807) is 7.11 Å². The van der Waals surface area contributed by atoms with Crippen LogP contribution in [0.5, 0.6) is 5.75 Å². The predicted molar refractivity (Wildman–Crippen MR) is 114 cm³/mol. The van der Waals surface area contributed by atoms with Gasteiger partial charge in [-0.3, -0.25) is 4.79 Å². The number of nitrogens with zero attached hydrogens (tertiary/aromatic N) is 3. The maximum atomic E-state index is 12.8. The molecular formula is C20H26N4O2S2. The van der Waals surface area contributed by atoms with Gasteiger partial charge in [-0.1, -0.05) is 35.9 Å². The van der Waals surface area contributed by atoms with Crippen LogP contribution in [0.1, 0.15) is 38.5 Å². The first-order valence-electron chi connectivity index (χ1n) is 9.90. The molecule has 4 rings (SSSR count). The van der Waals surface area contributed by atoms with E-state index in [4.69, 9.17) is 4.74 Å². The first-order chi connectivity index (χ1) is 13.7. The summed E-state index contributed by atoms with van der Waals surface area (Å²) in [5.41, 5.74) is 0.932. The largest absolute Gasteiger partial charge is 0.497 e. The van der Waals surface area contributed by atoms with E-state index in [1.165, 1.54) is 55.2 Å². The number of benzene rings is 1. The number of anilines is 2. The topological polar surface area (TPSA) is 67.3 Å². The van der Waals surface area contributed by atoms with Gasteiger partial charge in [0.15, 0.2) is 4.34 Å². The number of likely N-dealkylation sites (tertiary alicyclic amines) is 1. The van der Waals surface area contributed by atoms with Crippen molar-refractivity contribution in [1.29, 1.82) is 0 Å². The van der Waals surface area contributed by atoms with Gasteiger partial charge in [0.25, 0.3) is 0 Å². The molecule has 2 aliphatic rings. The lowest BCUT2D eigenvalue weighted by Gasteiger charge is -2.44. The molecule has 1 aromatic carbocycles. The van der Waals surface area contributed by atoms with E-state index in [1.807, 2.05) is 24.3 Å². The number of carbonyl (C=O) groups excluding carboxylic acids is 1. The maximum absolute atomic E-state index is 12.8. The molecule has 1 aliphatic carbocycles. The van der Waals surface area contributed by atoms with Crippen LogP contribution in [-0.2, 0) is 4.79 Å². The Morgan fingerprint density at radius 1 is 1.21 bits per heavy atom. The fourth-order valence-electron chi connectivity index (χ4n) is 4.26. The van der Waals surface area contributed by atoms with Crippen molar-refractivity contribution < 1.29 is 9.53 Å². The Hall–Kier alpha value is -1.80. The van der Waals surface area contributed by atoms with E-state index in [0.29, 0.717) is 11.8 Å². The van der Waals surface area contributed by atoms with Crippen molar-refractivity contribution in [1.82, 2.24) is 15.1 Å². The Morgan fingerprint density at radius 2 is 2.00 bits per heavy atom. The fourth-order valence-corrected chi connectivity index (χ4v) is 5.92. The minimum absolute atomic E-state index is 0.251. The average Bonchev–Trinajstić information content (AvgIpc) is 3.19. The molecule has 2 heterocycles. The molecule has 28 heavy (non-hydrogen) atoms. The standard InChI is InChI=1S/C20H26N4O2S2/c1-26-16-10-8-15(9-11-16)21-19-22-23-20(28-19)27-13-18(25)24-12-4-6-14-5-2-3-7-17(14)24/h8-11,14,17H,2-7,12-13H2,1H3,(H,21,22)/t14-,17+/m1/s1. The summed E-state index contributed by atoms with van der Waals surface area (Å²) >= 11 is 2.97. The van der Waals surface area contributed by atoms with Crippen LogP contribution in [0.4, 0.5) is 10.8 Å². The van der Waals surface area contributed by atoms with Crippen LogP contribution < -0.4 is 10.1 Å². The highest BCUT2D eigenvalue weighted by Gasteiger charge is 2.35. The van der Waals surface area contributed by atoms with Crippen LogP contribution in [0.3, 0.4) is 0 Å². The highest BCUT2D eigenvalue weighted by Crippen LogP contribution is 2.36. The van der Waals surface area contributed by atoms with Gasteiger partial charge in [-0.2, -0.15) is 0 Å². The van der Waals surface area contributed by atoms with E-state index in [2.05, 4.69) is 20.4 Å². The lowest BCUT2D eigenvalue weighted by atomic mass is 9.78. The monoisotopic (exact) mass is 418 g/mol. The van der Waals surface area contributed by atoms with E-state index < -0.39 is 0 Å². The van der Waals surface area contributed by atoms with Crippen molar-refractivity contribution >= 4 is 39.8 Å². The van der Waals surface area contributed by atoms with Crippen LogP contribution in [0.25, 0.3) is 0 Å². The number of carbonyl (C=O) groups is 1. The number of methoxy groups -OCH3 is 1. The third-order valence-corrected chi connectivity index (χ3v) is 7.59. The summed E-state index contributed by atoms with van der Waals surface area (Å²) < 4.78 is 5.99. The zero-order chi connectivity index (χ0) is 19.3. The lowest BCUT2D eigenvalue weighted by Crippen LogP contribution is -2.50. The summed E-state index contributed by atoms with van der Waals surface area (Å²) in [5, 5.41) is 12.4. The number of rotatable bonds is 6. The Kier molecular flexibility index (Phi) is 6.36. The number of ether oxygens (including phenoxy) is 1.